The molecule has 7 nitrogen and oxygen atoms in total. The maximum Gasteiger partial charge on any atom is 0.325 e. The van der Waals surface area contributed by atoms with Crippen molar-refractivity contribution in [3.05, 3.63) is 65.0 Å². The van der Waals surface area contributed by atoms with E-state index < -0.39 is 5.54 Å². The van der Waals surface area contributed by atoms with Crippen molar-refractivity contribution in [2.24, 2.45) is 11.8 Å². The minimum atomic E-state index is -0.926. The second-order valence-corrected chi connectivity index (χ2v) is 10.4. The van der Waals surface area contributed by atoms with E-state index in [1.807, 2.05) is 55.1 Å². The van der Waals surface area contributed by atoms with E-state index in [0.29, 0.717) is 44.0 Å². The monoisotopic (exact) mass is 476 g/mol. The second kappa shape index (κ2) is 10.2. The molecule has 4 amide bonds. The lowest BCUT2D eigenvalue weighted by Crippen LogP contribution is -2.56. The summed E-state index contributed by atoms with van der Waals surface area (Å²) in [5.74, 6) is 0.269. The van der Waals surface area contributed by atoms with E-state index in [1.165, 1.54) is 4.90 Å². The largest absolute Gasteiger partial charge is 0.339 e. The number of amides is 4. The summed E-state index contributed by atoms with van der Waals surface area (Å²) in [5.41, 5.74) is 2.61. The van der Waals surface area contributed by atoms with Gasteiger partial charge in [0.05, 0.1) is 12.2 Å². The lowest BCUT2D eigenvalue weighted by Gasteiger charge is -2.41. The molecule has 1 aromatic carbocycles. The van der Waals surface area contributed by atoms with E-state index in [9.17, 15) is 14.4 Å². The highest BCUT2D eigenvalue weighted by molar-refractivity contribution is 6.07. The number of carbonyl (C=O) groups is 3. The Morgan fingerprint density at radius 2 is 1.89 bits per heavy atom. The molecule has 1 atom stereocenters. The van der Waals surface area contributed by atoms with Gasteiger partial charge in [0.1, 0.15) is 5.54 Å². The number of hydrogen-bond acceptors (Lipinski definition) is 4. The summed E-state index contributed by atoms with van der Waals surface area (Å²) in [6.45, 7) is 9.56. The van der Waals surface area contributed by atoms with Crippen molar-refractivity contribution < 1.29 is 14.4 Å². The number of likely N-dealkylation sites (tertiary alicyclic amines) is 1. The maximum atomic E-state index is 13.8. The molecule has 0 bridgehead atoms. The average molecular weight is 477 g/mol. The van der Waals surface area contributed by atoms with Crippen LogP contribution in [0.15, 0.2) is 42.6 Å². The standard InChI is InChI=1S/C28H36N4O3/c1-19(2)10-13-28(26(34)32(27(35)30-28)18-23-7-5-6-14-29-23)22-11-15-31(16-12-22)25(33)24-9-8-20(3)17-21(24)4/h5-9,14,17,19,22H,10-13,15-16,18H2,1-4H3,(H,30,35)/t28-/m1/s1. The van der Waals surface area contributed by atoms with E-state index in [1.54, 1.807) is 6.20 Å². The molecule has 2 aliphatic rings. The Hall–Kier alpha value is -3.22. The molecule has 1 aromatic heterocycles. The van der Waals surface area contributed by atoms with Crippen LogP contribution >= 0.6 is 0 Å². The number of nitrogens with one attached hydrogen (secondary N) is 1. The van der Waals surface area contributed by atoms with Crippen molar-refractivity contribution in [3.8, 4) is 0 Å². The van der Waals surface area contributed by atoms with Gasteiger partial charge in [-0.05, 0) is 75.1 Å². The minimum Gasteiger partial charge on any atom is -0.339 e. The number of hydrogen-bond donors (Lipinski definition) is 1. The van der Waals surface area contributed by atoms with Crippen LogP contribution in [-0.4, -0.2) is 51.3 Å². The fourth-order valence-corrected chi connectivity index (χ4v) is 5.41. The summed E-state index contributed by atoms with van der Waals surface area (Å²) in [7, 11) is 0. The smallest absolute Gasteiger partial charge is 0.325 e. The van der Waals surface area contributed by atoms with Crippen LogP contribution in [0.4, 0.5) is 4.79 Å². The van der Waals surface area contributed by atoms with Crippen LogP contribution in [0, 0.1) is 25.7 Å². The molecule has 35 heavy (non-hydrogen) atoms. The van der Waals surface area contributed by atoms with Gasteiger partial charge in [-0.2, -0.15) is 0 Å². The summed E-state index contributed by atoms with van der Waals surface area (Å²) >= 11 is 0. The molecular formula is C28H36N4O3. The molecule has 4 rings (SSSR count). The molecule has 0 radical (unpaired) electrons. The number of piperidine rings is 1. The van der Waals surface area contributed by atoms with Gasteiger partial charge < -0.3 is 10.2 Å². The van der Waals surface area contributed by atoms with Crippen LogP contribution in [0.25, 0.3) is 0 Å². The molecule has 186 valence electrons. The zero-order valence-electron chi connectivity index (χ0n) is 21.2. The molecule has 2 aliphatic heterocycles. The number of aromatic nitrogens is 1. The van der Waals surface area contributed by atoms with Crippen LogP contribution in [0.2, 0.25) is 0 Å². The fraction of sp³-hybridized carbons (Fsp3) is 0.500. The number of pyridine rings is 1. The number of carbonyl (C=O) groups excluding carboxylic acids is 3. The normalized spacial score (nSPS) is 21.1. The Bertz CT molecular complexity index is 1090. The predicted molar refractivity (Wildman–Crippen MR) is 135 cm³/mol. The molecule has 7 heteroatoms. The van der Waals surface area contributed by atoms with Crippen molar-refractivity contribution in [1.82, 2.24) is 20.1 Å². The number of benzene rings is 1. The Labute approximate surface area is 207 Å². The molecule has 2 aromatic rings. The van der Waals surface area contributed by atoms with Crippen molar-refractivity contribution in [3.63, 3.8) is 0 Å². The van der Waals surface area contributed by atoms with Crippen LogP contribution in [0.1, 0.15) is 66.7 Å². The van der Waals surface area contributed by atoms with E-state index in [2.05, 4.69) is 24.1 Å². The Morgan fingerprint density at radius 3 is 2.51 bits per heavy atom. The third kappa shape index (κ3) is 5.09. The quantitative estimate of drug-likeness (QED) is 0.598. The van der Waals surface area contributed by atoms with Crippen LogP contribution in [-0.2, 0) is 11.3 Å². The third-order valence-corrected chi connectivity index (χ3v) is 7.46. The zero-order valence-corrected chi connectivity index (χ0v) is 21.2. The summed E-state index contributed by atoms with van der Waals surface area (Å²) in [6, 6.07) is 11.1. The lowest BCUT2D eigenvalue weighted by molar-refractivity contribution is -0.134. The van der Waals surface area contributed by atoms with Crippen LogP contribution in [0.5, 0.6) is 0 Å². The van der Waals surface area contributed by atoms with Gasteiger partial charge in [0, 0.05) is 24.8 Å². The molecule has 2 fully saturated rings. The minimum absolute atomic E-state index is 0.0189. The fourth-order valence-electron chi connectivity index (χ4n) is 5.41. The summed E-state index contributed by atoms with van der Waals surface area (Å²) in [5, 5.41) is 3.11. The highest BCUT2D eigenvalue weighted by Gasteiger charge is 2.55. The molecular weight excluding hydrogens is 440 g/mol. The predicted octanol–water partition coefficient (Wildman–Crippen LogP) is 4.48. The number of rotatable bonds is 7. The van der Waals surface area contributed by atoms with E-state index in [0.717, 1.165) is 23.1 Å². The van der Waals surface area contributed by atoms with E-state index >= 15 is 0 Å². The first-order chi connectivity index (χ1) is 16.7. The van der Waals surface area contributed by atoms with Crippen molar-refractivity contribution in [2.45, 2.75) is 65.5 Å². The average Bonchev–Trinajstić information content (AvgIpc) is 3.08. The number of urea groups is 1. The second-order valence-electron chi connectivity index (χ2n) is 10.4. The summed E-state index contributed by atoms with van der Waals surface area (Å²) in [6.07, 6.45) is 4.47. The number of aryl methyl sites for hydroxylation is 2. The molecule has 0 unspecified atom stereocenters. The molecule has 0 saturated carbocycles. The molecule has 3 heterocycles. The summed E-state index contributed by atoms with van der Waals surface area (Å²) in [4.78, 5) is 47.5. The van der Waals surface area contributed by atoms with Crippen molar-refractivity contribution >= 4 is 17.8 Å². The Kier molecular flexibility index (Phi) is 7.24. The lowest BCUT2D eigenvalue weighted by atomic mass is 9.73. The molecule has 0 spiro atoms. The first-order valence-electron chi connectivity index (χ1n) is 12.6. The van der Waals surface area contributed by atoms with Gasteiger partial charge in [-0.25, -0.2) is 4.79 Å². The molecule has 2 saturated heterocycles. The van der Waals surface area contributed by atoms with Crippen molar-refractivity contribution in [1.29, 1.82) is 0 Å². The number of imide groups is 1. The molecule has 1 N–H and O–H groups in total. The molecule has 0 aliphatic carbocycles. The van der Waals surface area contributed by atoms with Gasteiger partial charge in [-0.3, -0.25) is 19.5 Å². The number of nitrogens with zero attached hydrogens (tertiary/aromatic N) is 3. The topological polar surface area (TPSA) is 82.6 Å². The SMILES string of the molecule is Cc1ccc(C(=O)N2CCC([C@@]3(CCC(C)C)NC(=O)N(Cc4ccccn4)C3=O)CC2)c(C)c1. The first-order valence-corrected chi connectivity index (χ1v) is 12.6. The van der Waals surface area contributed by atoms with Gasteiger partial charge in [-0.1, -0.05) is 37.6 Å². The van der Waals surface area contributed by atoms with Gasteiger partial charge in [0.2, 0.25) is 0 Å². The first kappa shape index (κ1) is 24.9. The summed E-state index contributed by atoms with van der Waals surface area (Å²) < 4.78 is 0. The Balaban J connectivity index is 1.51. The van der Waals surface area contributed by atoms with Crippen LogP contribution < -0.4 is 5.32 Å². The zero-order chi connectivity index (χ0) is 25.2. The van der Waals surface area contributed by atoms with Gasteiger partial charge in [-0.15, -0.1) is 0 Å². The van der Waals surface area contributed by atoms with Crippen LogP contribution in [0.3, 0.4) is 0 Å². The highest BCUT2D eigenvalue weighted by atomic mass is 16.2. The Morgan fingerprint density at radius 1 is 1.14 bits per heavy atom. The van der Waals surface area contributed by atoms with E-state index in [4.69, 9.17) is 0 Å². The van der Waals surface area contributed by atoms with Crippen molar-refractivity contribution in [2.75, 3.05) is 13.1 Å². The highest BCUT2D eigenvalue weighted by Crippen LogP contribution is 2.38. The van der Waals surface area contributed by atoms with E-state index in [-0.39, 0.29) is 30.3 Å². The maximum absolute atomic E-state index is 13.8. The van der Waals surface area contributed by atoms with Gasteiger partial charge in [0.25, 0.3) is 11.8 Å². The van der Waals surface area contributed by atoms with Gasteiger partial charge >= 0.3 is 6.03 Å². The third-order valence-electron chi connectivity index (χ3n) is 7.46. The van der Waals surface area contributed by atoms with Gasteiger partial charge in [0.15, 0.2) is 0 Å².